The average molecular weight is 397 g/mol. The van der Waals surface area contributed by atoms with Crippen LogP contribution >= 0.6 is 0 Å². The number of benzene rings is 2. The lowest BCUT2D eigenvalue weighted by atomic mass is 9.77. The van der Waals surface area contributed by atoms with Gasteiger partial charge >= 0.3 is 13.1 Å². The Morgan fingerprint density at radius 3 is 2.55 bits per heavy atom. The summed E-state index contributed by atoms with van der Waals surface area (Å²) in [6, 6.07) is 14.1. The summed E-state index contributed by atoms with van der Waals surface area (Å²) in [5, 5.41) is 23.8. The van der Waals surface area contributed by atoms with Crippen molar-refractivity contribution in [1.29, 1.82) is 0 Å². The van der Waals surface area contributed by atoms with Gasteiger partial charge in [-0.3, -0.25) is 10.1 Å². The van der Waals surface area contributed by atoms with Crippen LogP contribution in [0.4, 0.5) is 0 Å². The van der Waals surface area contributed by atoms with E-state index in [-0.39, 0.29) is 12.5 Å². The molecule has 0 aliphatic carbocycles. The number of hydrogen-bond donors (Lipinski definition) is 3. The van der Waals surface area contributed by atoms with Crippen LogP contribution in [0.25, 0.3) is 0 Å². The van der Waals surface area contributed by atoms with Gasteiger partial charge < -0.3 is 19.5 Å². The minimum atomic E-state index is -1.09. The van der Waals surface area contributed by atoms with Crippen LogP contribution in [0.15, 0.2) is 48.5 Å². The fourth-order valence-electron chi connectivity index (χ4n) is 3.53. The van der Waals surface area contributed by atoms with Crippen LogP contribution in [-0.2, 0) is 26.4 Å². The van der Waals surface area contributed by atoms with Crippen LogP contribution in [0.3, 0.4) is 0 Å². The molecule has 3 rings (SSSR count). The third kappa shape index (κ3) is 4.87. The van der Waals surface area contributed by atoms with E-state index >= 15 is 0 Å². The fraction of sp³-hybridized carbons (Fsp3) is 0.409. The summed E-state index contributed by atoms with van der Waals surface area (Å²) in [4.78, 5) is 12.6. The predicted molar refractivity (Wildman–Crippen MR) is 111 cm³/mol. The Labute approximate surface area is 172 Å². The van der Waals surface area contributed by atoms with Gasteiger partial charge in [-0.2, -0.15) is 0 Å². The first-order chi connectivity index (χ1) is 13.7. The lowest BCUT2D eigenvalue weighted by Gasteiger charge is -2.25. The molecule has 0 bridgehead atoms. The van der Waals surface area contributed by atoms with E-state index in [1.807, 2.05) is 64.1 Å². The quantitative estimate of drug-likeness (QED) is 0.376. The highest BCUT2D eigenvalue weighted by molar-refractivity contribution is 6.62. The lowest BCUT2D eigenvalue weighted by molar-refractivity contribution is -0.150. The van der Waals surface area contributed by atoms with Crippen LogP contribution in [0, 0.1) is 5.92 Å². The lowest BCUT2D eigenvalue weighted by Crippen LogP contribution is -2.44. The van der Waals surface area contributed by atoms with Crippen LogP contribution in [-0.4, -0.2) is 29.3 Å². The molecule has 1 unspecified atom stereocenters. The van der Waals surface area contributed by atoms with Gasteiger partial charge in [0, 0.05) is 0 Å². The summed E-state index contributed by atoms with van der Waals surface area (Å²) in [6.07, 6.45) is -1.09. The van der Waals surface area contributed by atoms with Gasteiger partial charge in [0.15, 0.2) is 0 Å². The number of aliphatic hydroxyl groups excluding tert-OH is 1. The standard InChI is InChI=1S/C22H28BNO5/c1-14(2)19(21(26)28-13-15-8-6-5-7-9-15)24-20(25)16-10-11-17-18(12-16)23(27)29-22(17,3)4/h5-12,14,19-20,24-25,27H,13H2,1-4H3/t19-,20?/m0/s1. The number of carbonyl (C=O) groups is 1. The van der Waals surface area contributed by atoms with E-state index in [1.54, 1.807) is 12.1 Å². The van der Waals surface area contributed by atoms with E-state index in [1.165, 1.54) is 0 Å². The van der Waals surface area contributed by atoms with Gasteiger partial charge in [0.05, 0.1) is 5.60 Å². The molecule has 0 amide bonds. The van der Waals surface area contributed by atoms with Crippen LogP contribution in [0.1, 0.15) is 50.6 Å². The fourth-order valence-corrected chi connectivity index (χ4v) is 3.53. The van der Waals surface area contributed by atoms with Crippen molar-refractivity contribution < 1.29 is 24.3 Å². The molecule has 2 atom stereocenters. The van der Waals surface area contributed by atoms with Crippen molar-refractivity contribution in [1.82, 2.24) is 5.32 Å². The molecule has 1 heterocycles. The van der Waals surface area contributed by atoms with Crippen LogP contribution in [0.5, 0.6) is 0 Å². The topological polar surface area (TPSA) is 88.0 Å². The summed E-state index contributed by atoms with van der Waals surface area (Å²) in [7, 11) is -1.04. The van der Waals surface area contributed by atoms with Crippen LogP contribution < -0.4 is 10.8 Å². The number of nitrogens with one attached hydrogen (secondary N) is 1. The second kappa shape index (κ2) is 8.67. The number of carbonyl (C=O) groups excluding carboxylic acids is 1. The molecular weight excluding hydrogens is 369 g/mol. The highest BCUT2D eigenvalue weighted by Crippen LogP contribution is 2.30. The van der Waals surface area contributed by atoms with E-state index in [4.69, 9.17) is 9.39 Å². The summed E-state index contributed by atoms with van der Waals surface area (Å²) < 4.78 is 11.0. The minimum absolute atomic E-state index is 0.0878. The average Bonchev–Trinajstić information content (AvgIpc) is 2.92. The van der Waals surface area contributed by atoms with Gasteiger partial charge in [-0.25, -0.2) is 0 Å². The maximum Gasteiger partial charge on any atom is 0.492 e. The number of fused-ring (bicyclic) bond motifs is 1. The molecule has 7 heteroatoms. The molecule has 6 nitrogen and oxygen atoms in total. The molecule has 0 saturated heterocycles. The molecule has 0 saturated carbocycles. The second-order valence-electron chi connectivity index (χ2n) is 8.21. The Morgan fingerprint density at radius 2 is 1.90 bits per heavy atom. The Morgan fingerprint density at radius 1 is 1.21 bits per heavy atom. The first kappa shape index (κ1) is 21.5. The van der Waals surface area contributed by atoms with Gasteiger partial charge in [0.2, 0.25) is 0 Å². The largest absolute Gasteiger partial charge is 0.492 e. The highest BCUT2D eigenvalue weighted by Gasteiger charge is 2.41. The van der Waals surface area contributed by atoms with E-state index in [0.717, 1.165) is 11.1 Å². The maximum atomic E-state index is 12.6. The van der Waals surface area contributed by atoms with Crippen molar-refractivity contribution in [2.45, 2.75) is 52.2 Å². The van der Waals surface area contributed by atoms with E-state index in [9.17, 15) is 14.9 Å². The van der Waals surface area contributed by atoms with Gasteiger partial charge in [0.1, 0.15) is 18.9 Å². The van der Waals surface area contributed by atoms with Crippen molar-refractivity contribution in [3.8, 4) is 0 Å². The summed E-state index contributed by atoms with van der Waals surface area (Å²) in [5.74, 6) is -0.510. The van der Waals surface area contributed by atoms with Crippen LogP contribution in [0.2, 0.25) is 0 Å². The number of rotatable bonds is 7. The number of aliphatic hydroxyl groups is 1. The maximum absolute atomic E-state index is 12.6. The summed E-state index contributed by atoms with van der Waals surface area (Å²) >= 11 is 0. The zero-order chi connectivity index (χ0) is 21.2. The Kier molecular flexibility index (Phi) is 6.44. The van der Waals surface area contributed by atoms with Gasteiger partial charge in [-0.15, -0.1) is 0 Å². The number of ether oxygens (including phenoxy) is 1. The van der Waals surface area contributed by atoms with Crippen molar-refractivity contribution in [3.05, 3.63) is 65.2 Å². The molecule has 1 aliphatic heterocycles. The van der Waals surface area contributed by atoms with Gasteiger partial charge in [-0.1, -0.05) is 62.4 Å². The molecule has 0 spiro atoms. The van der Waals surface area contributed by atoms with Gasteiger partial charge in [-0.05, 0) is 41.9 Å². The number of esters is 1. The first-order valence-corrected chi connectivity index (χ1v) is 9.84. The zero-order valence-electron chi connectivity index (χ0n) is 17.3. The molecule has 1 aliphatic rings. The summed E-state index contributed by atoms with van der Waals surface area (Å²) in [5.41, 5.74) is 2.36. The molecule has 3 N–H and O–H groups in total. The molecule has 29 heavy (non-hydrogen) atoms. The number of hydrogen-bond acceptors (Lipinski definition) is 6. The second-order valence-corrected chi connectivity index (χ2v) is 8.21. The third-order valence-electron chi connectivity index (χ3n) is 5.19. The van der Waals surface area contributed by atoms with Crippen molar-refractivity contribution in [3.63, 3.8) is 0 Å². The van der Waals surface area contributed by atoms with Crippen molar-refractivity contribution in [2.24, 2.45) is 5.92 Å². The Bertz CT molecular complexity index is 856. The third-order valence-corrected chi connectivity index (χ3v) is 5.19. The molecule has 0 fully saturated rings. The first-order valence-electron chi connectivity index (χ1n) is 9.84. The highest BCUT2D eigenvalue weighted by atomic mass is 16.5. The minimum Gasteiger partial charge on any atom is -0.460 e. The molecule has 154 valence electrons. The SMILES string of the molecule is CC(C)[C@H](NC(O)c1ccc2c(c1)B(O)OC2(C)C)C(=O)OCc1ccccc1. The van der Waals surface area contributed by atoms with Crippen molar-refractivity contribution >= 4 is 18.6 Å². The molecular formula is C22H28BNO5. The summed E-state index contributed by atoms with van der Waals surface area (Å²) in [6.45, 7) is 7.72. The smallest absolute Gasteiger partial charge is 0.460 e. The Hall–Kier alpha value is -2.19. The molecule has 0 radical (unpaired) electrons. The van der Waals surface area contributed by atoms with E-state index in [2.05, 4.69) is 5.32 Å². The molecule has 2 aromatic carbocycles. The monoisotopic (exact) mass is 397 g/mol. The van der Waals surface area contributed by atoms with Gasteiger partial charge in [0.25, 0.3) is 0 Å². The zero-order valence-corrected chi connectivity index (χ0v) is 17.3. The molecule has 2 aromatic rings. The normalized spacial score (nSPS) is 17.1. The molecule has 0 aromatic heterocycles. The predicted octanol–water partition coefficient (Wildman–Crippen LogP) is 1.99. The van der Waals surface area contributed by atoms with E-state index < -0.39 is 31.0 Å². The Balaban J connectivity index is 1.69. The van der Waals surface area contributed by atoms with E-state index in [0.29, 0.717) is 11.0 Å². The van der Waals surface area contributed by atoms with Crippen molar-refractivity contribution in [2.75, 3.05) is 0 Å².